The summed E-state index contributed by atoms with van der Waals surface area (Å²) < 4.78 is 27.6. The van der Waals surface area contributed by atoms with Crippen LogP contribution in [0.2, 0.25) is 0 Å². The number of hydrogen-bond acceptors (Lipinski definition) is 5. The first-order chi connectivity index (χ1) is 10.9. The molecule has 0 unspecified atom stereocenters. The molecule has 0 saturated carbocycles. The van der Waals surface area contributed by atoms with Crippen LogP contribution in [-0.2, 0) is 17.1 Å². The predicted octanol–water partition coefficient (Wildman–Crippen LogP) is 1.67. The van der Waals surface area contributed by atoms with E-state index in [4.69, 9.17) is 0 Å². The highest BCUT2D eigenvalue weighted by Gasteiger charge is 2.32. The Kier molecular flexibility index (Phi) is 4.20. The van der Waals surface area contributed by atoms with E-state index in [0.29, 0.717) is 12.4 Å². The number of aryl methyl sites for hydroxylation is 2. The number of sulfonamides is 1. The number of rotatable bonds is 3. The standard InChI is InChI=1S/C15H21N5O2S/c1-11-17-12(10-13(18-11)15-16-7-9-19(15)2)14-6-4-5-8-20(14)23(3,21)22/h7,9-10,14H,4-6,8H2,1-3H3/t14-/m1/s1. The first-order valence-corrected chi connectivity index (χ1v) is 9.51. The van der Waals surface area contributed by atoms with Crippen LogP contribution in [0, 0.1) is 6.92 Å². The average molecular weight is 335 g/mol. The summed E-state index contributed by atoms with van der Waals surface area (Å²) in [5, 5.41) is 0. The minimum Gasteiger partial charge on any atom is -0.333 e. The van der Waals surface area contributed by atoms with Crippen molar-refractivity contribution in [3.8, 4) is 11.5 Å². The molecule has 8 heteroatoms. The van der Waals surface area contributed by atoms with Crippen LogP contribution >= 0.6 is 0 Å². The topological polar surface area (TPSA) is 81.0 Å². The molecule has 23 heavy (non-hydrogen) atoms. The van der Waals surface area contributed by atoms with Crippen LogP contribution in [0.4, 0.5) is 0 Å². The number of aromatic nitrogens is 4. The Balaban J connectivity index is 2.05. The first kappa shape index (κ1) is 16.1. The Morgan fingerprint density at radius 3 is 2.70 bits per heavy atom. The predicted molar refractivity (Wildman–Crippen MR) is 87.1 cm³/mol. The van der Waals surface area contributed by atoms with E-state index in [1.165, 1.54) is 6.26 Å². The molecular formula is C15H21N5O2S. The molecule has 3 rings (SSSR count). The lowest BCUT2D eigenvalue weighted by atomic mass is 10.0. The fourth-order valence-electron chi connectivity index (χ4n) is 3.09. The maximum absolute atomic E-state index is 12.1. The normalized spacial score (nSPS) is 19.9. The molecule has 0 bridgehead atoms. The molecule has 0 amide bonds. The van der Waals surface area contributed by atoms with Gasteiger partial charge in [0.15, 0.2) is 5.82 Å². The summed E-state index contributed by atoms with van der Waals surface area (Å²) in [4.78, 5) is 13.3. The SMILES string of the molecule is Cc1nc(-c2nccn2C)cc([C@H]2CCCCN2S(C)(=O)=O)n1. The highest BCUT2D eigenvalue weighted by Crippen LogP contribution is 2.33. The third-order valence-corrected chi connectivity index (χ3v) is 5.42. The van der Waals surface area contributed by atoms with Crippen LogP contribution in [0.3, 0.4) is 0 Å². The Hall–Kier alpha value is -1.80. The van der Waals surface area contributed by atoms with E-state index in [2.05, 4.69) is 15.0 Å². The number of hydrogen-bond donors (Lipinski definition) is 0. The highest BCUT2D eigenvalue weighted by molar-refractivity contribution is 7.88. The van der Waals surface area contributed by atoms with Crippen molar-refractivity contribution in [2.75, 3.05) is 12.8 Å². The summed E-state index contributed by atoms with van der Waals surface area (Å²) in [7, 11) is -1.35. The van der Waals surface area contributed by atoms with E-state index in [1.807, 2.05) is 30.8 Å². The van der Waals surface area contributed by atoms with Crippen LogP contribution in [0.1, 0.15) is 36.8 Å². The summed E-state index contributed by atoms with van der Waals surface area (Å²) in [6.07, 6.45) is 7.51. The molecular weight excluding hydrogens is 314 g/mol. The van der Waals surface area contributed by atoms with Gasteiger partial charge in [-0.1, -0.05) is 6.42 Å². The Morgan fingerprint density at radius 2 is 2.04 bits per heavy atom. The summed E-state index contributed by atoms with van der Waals surface area (Å²) in [6.45, 7) is 2.37. The molecule has 1 atom stereocenters. The number of nitrogens with zero attached hydrogens (tertiary/aromatic N) is 5. The van der Waals surface area contributed by atoms with Crippen molar-refractivity contribution in [2.45, 2.75) is 32.2 Å². The summed E-state index contributed by atoms with van der Waals surface area (Å²) >= 11 is 0. The molecule has 7 nitrogen and oxygen atoms in total. The van der Waals surface area contributed by atoms with Crippen molar-refractivity contribution < 1.29 is 8.42 Å². The van der Waals surface area contributed by atoms with Crippen LogP contribution in [0.25, 0.3) is 11.5 Å². The Labute approximate surface area is 136 Å². The molecule has 1 aliphatic rings. The first-order valence-electron chi connectivity index (χ1n) is 7.66. The minimum atomic E-state index is -3.26. The van der Waals surface area contributed by atoms with E-state index >= 15 is 0 Å². The second-order valence-corrected chi connectivity index (χ2v) is 7.91. The van der Waals surface area contributed by atoms with Crippen LogP contribution in [0.5, 0.6) is 0 Å². The lowest BCUT2D eigenvalue weighted by molar-refractivity contribution is 0.252. The lowest BCUT2D eigenvalue weighted by Gasteiger charge is -2.33. The van der Waals surface area contributed by atoms with Crippen LogP contribution < -0.4 is 0 Å². The zero-order valence-corrected chi connectivity index (χ0v) is 14.4. The molecule has 1 fully saturated rings. The van der Waals surface area contributed by atoms with Gasteiger partial charge in [0, 0.05) is 26.0 Å². The third kappa shape index (κ3) is 3.28. The van der Waals surface area contributed by atoms with Crippen molar-refractivity contribution in [3.63, 3.8) is 0 Å². The molecule has 124 valence electrons. The molecule has 1 aliphatic heterocycles. The molecule has 1 saturated heterocycles. The molecule has 0 spiro atoms. The average Bonchev–Trinajstić information content (AvgIpc) is 2.92. The van der Waals surface area contributed by atoms with E-state index in [9.17, 15) is 8.42 Å². The van der Waals surface area contributed by atoms with Gasteiger partial charge in [0.05, 0.1) is 18.0 Å². The van der Waals surface area contributed by atoms with Crippen molar-refractivity contribution in [1.29, 1.82) is 0 Å². The van der Waals surface area contributed by atoms with Gasteiger partial charge < -0.3 is 4.57 Å². The fourth-order valence-corrected chi connectivity index (χ4v) is 4.22. The van der Waals surface area contributed by atoms with Gasteiger partial charge in [-0.15, -0.1) is 0 Å². The molecule has 0 aliphatic carbocycles. The van der Waals surface area contributed by atoms with E-state index in [-0.39, 0.29) is 6.04 Å². The number of imidazole rings is 1. The van der Waals surface area contributed by atoms with Gasteiger partial charge in [-0.25, -0.2) is 23.4 Å². The minimum absolute atomic E-state index is 0.223. The van der Waals surface area contributed by atoms with E-state index < -0.39 is 10.0 Å². The third-order valence-electron chi connectivity index (χ3n) is 4.13. The van der Waals surface area contributed by atoms with Crippen LogP contribution in [-0.4, -0.2) is 45.0 Å². The van der Waals surface area contributed by atoms with E-state index in [1.54, 1.807) is 10.5 Å². The lowest BCUT2D eigenvalue weighted by Crippen LogP contribution is -2.38. The molecule has 3 heterocycles. The van der Waals surface area contributed by atoms with Gasteiger partial charge in [-0.05, 0) is 25.8 Å². The molecule has 0 radical (unpaired) electrons. The molecule has 2 aromatic rings. The molecule has 2 aromatic heterocycles. The smallest absolute Gasteiger partial charge is 0.211 e. The van der Waals surface area contributed by atoms with Crippen molar-refractivity contribution in [2.24, 2.45) is 7.05 Å². The Bertz CT molecular complexity index is 815. The van der Waals surface area contributed by atoms with Crippen LogP contribution in [0.15, 0.2) is 18.5 Å². The van der Waals surface area contributed by atoms with Crippen molar-refractivity contribution in [3.05, 3.63) is 30.0 Å². The monoisotopic (exact) mass is 335 g/mol. The summed E-state index contributed by atoms with van der Waals surface area (Å²) in [5.74, 6) is 1.37. The molecule has 0 N–H and O–H groups in total. The zero-order valence-electron chi connectivity index (χ0n) is 13.6. The maximum atomic E-state index is 12.1. The van der Waals surface area contributed by atoms with Crippen molar-refractivity contribution >= 4 is 10.0 Å². The largest absolute Gasteiger partial charge is 0.333 e. The molecule has 0 aromatic carbocycles. The summed E-state index contributed by atoms with van der Waals surface area (Å²) in [5.41, 5.74) is 1.47. The quantitative estimate of drug-likeness (QED) is 0.852. The zero-order chi connectivity index (χ0) is 16.6. The summed E-state index contributed by atoms with van der Waals surface area (Å²) in [6, 6.07) is 1.64. The highest BCUT2D eigenvalue weighted by atomic mass is 32.2. The second kappa shape index (κ2) is 6.01. The maximum Gasteiger partial charge on any atom is 0.211 e. The number of piperidine rings is 1. The van der Waals surface area contributed by atoms with E-state index in [0.717, 1.165) is 36.5 Å². The Morgan fingerprint density at radius 1 is 1.26 bits per heavy atom. The van der Waals surface area contributed by atoms with Gasteiger partial charge in [0.25, 0.3) is 0 Å². The van der Waals surface area contributed by atoms with Gasteiger partial charge in [0.2, 0.25) is 10.0 Å². The van der Waals surface area contributed by atoms with Gasteiger partial charge >= 0.3 is 0 Å². The van der Waals surface area contributed by atoms with Gasteiger partial charge in [-0.3, -0.25) is 0 Å². The fraction of sp³-hybridized carbons (Fsp3) is 0.533. The van der Waals surface area contributed by atoms with Gasteiger partial charge in [-0.2, -0.15) is 4.31 Å². The second-order valence-electron chi connectivity index (χ2n) is 5.97. The van der Waals surface area contributed by atoms with Crippen molar-refractivity contribution in [1.82, 2.24) is 23.8 Å². The van der Waals surface area contributed by atoms with Gasteiger partial charge in [0.1, 0.15) is 11.5 Å².